The molecule has 2 N–H and O–H groups in total. The van der Waals surface area contributed by atoms with E-state index in [0.717, 1.165) is 0 Å². The van der Waals surface area contributed by atoms with Gasteiger partial charge in [0.05, 0.1) is 0 Å². The second-order valence-corrected chi connectivity index (χ2v) is 6.85. The van der Waals surface area contributed by atoms with E-state index in [2.05, 4.69) is 48.5 Å². The minimum Gasteiger partial charge on any atom is -0.363 e. The van der Waals surface area contributed by atoms with Crippen molar-refractivity contribution in [2.24, 2.45) is 16.7 Å². The molecular formula is C12H20N4OS. The van der Waals surface area contributed by atoms with Gasteiger partial charge in [0.2, 0.25) is 10.1 Å². The number of hydrogen-bond acceptors (Lipinski definition) is 5. The van der Waals surface area contributed by atoms with E-state index in [1.54, 1.807) is 7.05 Å². The quantitative estimate of drug-likeness (QED) is 0.876. The van der Waals surface area contributed by atoms with E-state index in [9.17, 15) is 4.79 Å². The van der Waals surface area contributed by atoms with E-state index in [1.165, 1.54) is 11.3 Å². The van der Waals surface area contributed by atoms with E-state index < -0.39 is 0 Å². The van der Waals surface area contributed by atoms with Crippen LogP contribution in [0.5, 0.6) is 0 Å². The third-order valence-corrected chi connectivity index (χ3v) is 5.56. The van der Waals surface area contributed by atoms with Crippen LogP contribution in [0.4, 0.5) is 5.13 Å². The van der Waals surface area contributed by atoms with E-state index in [-0.39, 0.29) is 16.7 Å². The summed E-state index contributed by atoms with van der Waals surface area (Å²) in [6, 6.07) is 0. The maximum absolute atomic E-state index is 11.9. The number of rotatable bonds is 4. The molecule has 1 heterocycles. The largest absolute Gasteiger partial charge is 0.363 e. The standard InChI is InChI=1S/C12H20N4OS/c1-11(2)7(12(11,3)4)6-14-8(17)9-15-16-10(13-5)18-9/h7H,6H2,1-5H3,(H,13,16)(H,14,17). The van der Waals surface area contributed by atoms with Crippen LogP contribution in [-0.4, -0.2) is 29.7 Å². The zero-order valence-corrected chi connectivity index (χ0v) is 12.3. The van der Waals surface area contributed by atoms with Crippen LogP contribution in [0.15, 0.2) is 0 Å². The molecule has 1 aromatic heterocycles. The number of carbonyl (C=O) groups excluding carboxylic acids is 1. The lowest BCUT2D eigenvalue weighted by Gasteiger charge is -2.04. The van der Waals surface area contributed by atoms with Gasteiger partial charge in [-0.2, -0.15) is 0 Å². The Balaban J connectivity index is 1.90. The average Bonchev–Trinajstić information content (AvgIpc) is 2.71. The Morgan fingerprint density at radius 1 is 1.28 bits per heavy atom. The van der Waals surface area contributed by atoms with Crippen LogP contribution in [0.3, 0.4) is 0 Å². The number of nitrogens with one attached hydrogen (secondary N) is 2. The van der Waals surface area contributed by atoms with Crippen molar-refractivity contribution in [3.63, 3.8) is 0 Å². The summed E-state index contributed by atoms with van der Waals surface area (Å²) in [5.74, 6) is 0.387. The van der Waals surface area contributed by atoms with Crippen molar-refractivity contribution in [2.45, 2.75) is 27.7 Å². The number of nitrogens with zero attached hydrogens (tertiary/aromatic N) is 2. The zero-order chi connectivity index (χ0) is 13.6. The summed E-state index contributed by atoms with van der Waals surface area (Å²) in [6.07, 6.45) is 0. The van der Waals surface area contributed by atoms with Gasteiger partial charge in [-0.25, -0.2) is 0 Å². The van der Waals surface area contributed by atoms with Crippen molar-refractivity contribution in [1.29, 1.82) is 0 Å². The van der Waals surface area contributed by atoms with E-state index in [1.807, 2.05) is 0 Å². The van der Waals surface area contributed by atoms with Gasteiger partial charge in [-0.15, -0.1) is 10.2 Å². The number of amides is 1. The number of carbonyl (C=O) groups is 1. The van der Waals surface area contributed by atoms with Gasteiger partial charge in [0, 0.05) is 13.6 Å². The van der Waals surface area contributed by atoms with Gasteiger partial charge >= 0.3 is 0 Å². The fraction of sp³-hybridized carbons (Fsp3) is 0.750. The first-order valence-corrected chi connectivity index (χ1v) is 6.92. The van der Waals surface area contributed by atoms with Gasteiger partial charge < -0.3 is 10.6 Å². The molecule has 5 nitrogen and oxygen atoms in total. The lowest BCUT2D eigenvalue weighted by Crippen LogP contribution is -2.27. The predicted molar refractivity (Wildman–Crippen MR) is 72.8 cm³/mol. The second kappa shape index (κ2) is 4.19. The molecule has 0 spiro atoms. The Kier molecular flexibility index (Phi) is 3.09. The summed E-state index contributed by atoms with van der Waals surface area (Å²) in [5.41, 5.74) is 0.578. The van der Waals surface area contributed by atoms with E-state index in [4.69, 9.17) is 0 Å². The summed E-state index contributed by atoms with van der Waals surface area (Å²) in [7, 11) is 1.76. The molecule has 6 heteroatoms. The highest BCUT2D eigenvalue weighted by Gasteiger charge is 2.64. The van der Waals surface area contributed by atoms with Gasteiger partial charge in [0.15, 0.2) is 0 Å². The van der Waals surface area contributed by atoms with E-state index in [0.29, 0.717) is 22.6 Å². The van der Waals surface area contributed by atoms with Crippen molar-refractivity contribution < 1.29 is 4.79 Å². The molecule has 0 aromatic carbocycles. The van der Waals surface area contributed by atoms with Gasteiger partial charge in [-0.3, -0.25) is 4.79 Å². The minimum atomic E-state index is -0.132. The van der Waals surface area contributed by atoms with Crippen molar-refractivity contribution >= 4 is 22.4 Å². The molecule has 1 aliphatic carbocycles. The lowest BCUT2D eigenvalue weighted by atomic mass is 10.0. The molecule has 1 amide bonds. The Labute approximate surface area is 111 Å². The fourth-order valence-corrected chi connectivity index (χ4v) is 3.14. The topological polar surface area (TPSA) is 66.9 Å². The third-order valence-electron chi connectivity index (χ3n) is 4.62. The monoisotopic (exact) mass is 268 g/mol. The molecule has 1 aromatic rings. The highest BCUT2D eigenvalue weighted by atomic mass is 32.1. The van der Waals surface area contributed by atoms with Crippen LogP contribution < -0.4 is 10.6 Å². The van der Waals surface area contributed by atoms with Gasteiger partial charge in [0.25, 0.3) is 5.91 Å². The van der Waals surface area contributed by atoms with Crippen LogP contribution in [0.1, 0.15) is 37.5 Å². The SMILES string of the molecule is CNc1nnc(C(=O)NCC2C(C)(C)C2(C)C)s1. The van der Waals surface area contributed by atoms with Gasteiger partial charge in [-0.05, 0) is 16.7 Å². The predicted octanol–water partition coefficient (Wildman–Crippen LogP) is 1.99. The van der Waals surface area contributed by atoms with Gasteiger partial charge in [0.1, 0.15) is 0 Å². The summed E-state index contributed by atoms with van der Waals surface area (Å²) < 4.78 is 0. The second-order valence-electron chi connectivity index (χ2n) is 5.87. The Morgan fingerprint density at radius 3 is 2.33 bits per heavy atom. The Morgan fingerprint density at radius 2 is 1.89 bits per heavy atom. The number of hydrogen-bond donors (Lipinski definition) is 2. The van der Waals surface area contributed by atoms with Gasteiger partial charge in [-0.1, -0.05) is 39.0 Å². The maximum atomic E-state index is 11.9. The molecule has 1 saturated carbocycles. The van der Waals surface area contributed by atoms with Crippen LogP contribution in [-0.2, 0) is 0 Å². The highest BCUT2D eigenvalue weighted by Crippen LogP contribution is 2.67. The van der Waals surface area contributed by atoms with Crippen molar-refractivity contribution in [1.82, 2.24) is 15.5 Å². The fourth-order valence-electron chi connectivity index (χ4n) is 2.53. The van der Waals surface area contributed by atoms with Crippen molar-refractivity contribution in [2.75, 3.05) is 18.9 Å². The maximum Gasteiger partial charge on any atom is 0.282 e. The lowest BCUT2D eigenvalue weighted by molar-refractivity contribution is 0.0949. The van der Waals surface area contributed by atoms with Crippen LogP contribution >= 0.6 is 11.3 Å². The first-order valence-electron chi connectivity index (χ1n) is 6.10. The van der Waals surface area contributed by atoms with Crippen LogP contribution in [0.2, 0.25) is 0 Å². The molecule has 18 heavy (non-hydrogen) atoms. The third kappa shape index (κ3) is 1.98. The normalized spacial score (nSPS) is 20.5. The molecule has 0 atom stereocenters. The van der Waals surface area contributed by atoms with Crippen LogP contribution in [0, 0.1) is 16.7 Å². The molecule has 0 radical (unpaired) electrons. The highest BCUT2D eigenvalue weighted by molar-refractivity contribution is 7.17. The zero-order valence-electron chi connectivity index (χ0n) is 11.5. The smallest absolute Gasteiger partial charge is 0.282 e. The summed E-state index contributed by atoms with van der Waals surface area (Å²) >= 11 is 1.27. The molecule has 0 unspecified atom stereocenters. The molecule has 0 bridgehead atoms. The summed E-state index contributed by atoms with van der Waals surface area (Å²) in [4.78, 5) is 11.9. The molecule has 100 valence electrons. The number of anilines is 1. The molecule has 0 saturated heterocycles. The minimum absolute atomic E-state index is 0.132. The number of aromatic nitrogens is 2. The van der Waals surface area contributed by atoms with Crippen molar-refractivity contribution in [3.05, 3.63) is 5.01 Å². The Hall–Kier alpha value is -1.17. The first-order chi connectivity index (χ1) is 8.30. The van der Waals surface area contributed by atoms with Crippen molar-refractivity contribution in [3.8, 4) is 0 Å². The average molecular weight is 268 g/mol. The molecule has 1 aliphatic rings. The summed E-state index contributed by atoms with van der Waals surface area (Å²) in [5, 5.41) is 14.6. The van der Waals surface area contributed by atoms with Crippen LogP contribution in [0.25, 0.3) is 0 Å². The molecule has 1 fully saturated rings. The molecule has 0 aliphatic heterocycles. The summed E-state index contributed by atoms with van der Waals surface area (Å²) in [6.45, 7) is 9.68. The Bertz CT molecular complexity index is 452. The molecule has 2 rings (SSSR count). The first kappa shape index (κ1) is 13.3. The molecular weight excluding hydrogens is 248 g/mol. The van der Waals surface area contributed by atoms with E-state index >= 15 is 0 Å².